The van der Waals surface area contributed by atoms with Gasteiger partial charge in [0.25, 0.3) is 0 Å². The topological polar surface area (TPSA) is 71.5 Å². The van der Waals surface area contributed by atoms with Gasteiger partial charge in [0.1, 0.15) is 0 Å². The Morgan fingerprint density at radius 3 is 1.38 bits per heavy atom. The van der Waals surface area contributed by atoms with E-state index < -0.39 is 9.84 Å². The number of hydrogen-bond acceptors (Lipinski definition) is 4. The van der Waals surface area contributed by atoms with Crippen LogP contribution >= 0.6 is 0 Å². The molecule has 0 bridgehead atoms. The Kier molecular flexibility index (Phi) is 14.2. The summed E-state index contributed by atoms with van der Waals surface area (Å²) >= 11 is 0. The second kappa shape index (κ2) is 16.9. The van der Waals surface area contributed by atoms with Crippen molar-refractivity contribution in [2.24, 2.45) is 0 Å². The molecule has 1 aromatic carbocycles. The minimum absolute atomic E-state index is 0.0113. The maximum absolute atomic E-state index is 12.2. The molecular formula is C28H45NO4S. The molecule has 0 radical (unpaired) electrons. The van der Waals surface area contributed by atoms with Gasteiger partial charge in [0, 0.05) is 19.4 Å². The molecule has 0 N–H and O–H groups in total. The van der Waals surface area contributed by atoms with Gasteiger partial charge in [-0.3, -0.25) is 14.5 Å². The molecule has 6 heteroatoms. The third-order valence-corrected chi connectivity index (χ3v) is 8.62. The highest BCUT2D eigenvalue weighted by Gasteiger charge is 2.27. The second-order valence-corrected chi connectivity index (χ2v) is 11.8. The highest BCUT2D eigenvalue weighted by Crippen LogP contribution is 2.17. The lowest BCUT2D eigenvalue weighted by Crippen LogP contribution is -2.29. The first-order valence-electron chi connectivity index (χ1n) is 13.6. The van der Waals surface area contributed by atoms with Gasteiger partial charge in [-0.05, 0) is 25.0 Å². The number of hydrogen-bond donors (Lipinski definition) is 0. The van der Waals surface area contributed by atoms with E-state index in [0.29, 0.717) is 24.3 Å². The molecule has 1 aliphatic rings. The number of carbonyl (C=O) groups is 2. The van der Waals surface area contributed by atoms with Crippen molar-refractivity contribution in [2.45, 2.75) is 120 Å². The number of nitrogens with zero attached hydrogens (tertiary/aromatic N) is 1. The third-order valence-electron chi connectivity index (χ3n) is 6.80. The molecule has 1 aliphatic heterocycles. The van der Waals surface area contributed by atoms with E-state index in [1.54, 1.807) is 24.3 Å². The van der Waals surface area contributed by atoms with E-state index in [0.717, 1.165) is 32.1 Å². The normalized spacial score (nSPS) is 14.3. The zero-order chi connectivity index (χ0) is 24.5. The Balaban J connectivity index is 1.28. The molecule has 2 rings (SSSR count). The fraction of sp³-hybridized carbons (Fsp3) is 0.714. The van der Waals surface area contributed by atoms with Gasteiger partial charge in [-0.1, -0.05) is 108 Å². The quantitative estimate of drug-likeness (QED) is 0.148. The van der Waals surface area contributed by atoms with Crippen molar-refractivity contribution in [1.29, 1.82) is 0 Å². The highest BCUT2D eigenvalue weighted by molar-refractivity contribution is 7.91. The Morgan fingerprint density at radius 2 is 0.941 bits per heavy atom. The molecule has 1 aromatic rings. The molecule has 192 valence electrons. The number of unbranched alkanes of at least 4 members (excludes halogenated alkanes) is 15. The molecular weight excluding hydrogens is 446 g/mol. The zero-order valence-electron chi connectivity index (χ0n) is 21.0. The van der Waals surface area contributed by atoms with Crippen LogP contribution in [0.4, 0.5) is 0 Å². The van der Waals surface area contributed by atoms with E-state index >= 15 is 0 Å². The van der Waals surface area contributed by atoms with Crippen molar-refractivity contribution in [1.82, 2.24) is 4.90 Å². The Bertz CT molecular complexity index is 791. The number of benzene rings is 1. The van der Waals surface area contributed by atoms with Crippen LogP contribution in [-0.4, -0.2) is 37.4 Å². The lowest BCUT2D eigenvalue weighted by atomic mass is 10.0. The van der Waals surface area contributed by atoms with Crippen LogP contribution in [0.15, 0.2) is 35.2 Å². The van der Waals surface area contributed by atoms with E-state index in [4.69, 9.17) is 0 Å². The SMILES string of the molecule is O=C1CCC(=O)N1CCCCCCCCCCCCCCCCCCS(=O)(=O)c1ccccc1. The van der Waals surface area contributed by atoms with Gasteiger partial charge in [-0.15, -0.1) is 0 Å². The Morgan fingerprint density at radius 1 is 0.559 bits per heavy atom. The molecule has 0 unspecified atom stereocenters. The number of likely N-dealkylation sites (tertiary alicyclic amines) is 1. The van der Waals surface area contributed by atoms with Gasteiger partial charge in [0.05, 0.1) is 10.6 Å². The second-order valence-electron chi connectivity index (χ2n) is 9.73. The van der Waals surface area contributed by atoms with Gasteiger partial charge in [0.15, 0.2) is 9.84 Å². The molecule has 1 heterocycles. The first-order valence-corrected chi connectivity index (χ1v) is 15.3. The molecule has 0 aliphatic carbocycles. The van der Waals surface area contributed by atoms with E-state index in [-0.39, 0.29) is 17.6 Å². The summed E-state index contributed by atoms with van der Waals surface area (Å²) in [6.45, 7) is 0.619. The van der Waals surface area contributed by atoms with Crippen molar-refractivity contribution in [3.05, 3.63) is 30.3 Å². The van der Waals surface area contributed by atoms with Crippen molar-refractivity contribution in [3.8, 4) is 0 Å². The predicted octanol–water partition coefficient (Wildman–Crippen LogP) is 6.85. The van der Waals surface area contributed by atoms with Gasteiger partial charge >= 0.3 is 0 Å². The summed E-state index contributed by atoms with van der Waals surface area (Å²) in [4.78, 5) is 25.0. The minimum atomic E-state index is -3.11. The number of sulfone groups is 1. The van der Waals surface area contributed by atoms with Crippen LogP contribution < -0.4 is 0 Å². The summed E-state index contributed by atoms with van der Waals surface area (Å²) in [6.07, 6.45) is 19.9. The number of amides is 2. The van der Waals surface area contributed by atoms with E-state index in [9.17, 15) is 18.0 Å². The van der Waals surface area contributed by atoms with Crippen molar-refractivity contribution >= 4 is 21.7 Å². The van der Waals surface area contributed by atoms with Gasteiger partial charge in [0.2, 0.25) is 11.8 Å². The van der Waals surface area contributed by atoms with Crippen LogP contribution in [0.5, 0.6) is 0 Å². The van der Waals surface area contributed by atoms with Crippen LogP contribution in [0.2, 0.25) is 0 Å². The third kappa shape index (κ3) is 11.6. The van der Waals surface area contributed by atoms with Gasteiger partial charge in [-0.2, -0.15) is 0 Å². The highest BCUT2D eigenvalue weighted by atomic mass is 32.2. The van der Waals surface area contributed by atoms with Crippen molar-refractivity contribution in [3.63, 3.8) is 0 Å². The number of carbonyl (C=O) groups excluding carboxylic acids is 2. The largest absolute Gasteiger partial charge is 0.283 e. The van der Waals surface area contributed by atoms with E-state index in [2.05, 4.69) is 0 Å². The monoisotopic (exact) mass is 491 g/mol. The van der Waals surface area contributed by atoms with E-state index in [1.165, 1.54) is 75.5 Å². The molecule has 34 heavy (non-hydrogen) atoms. The number of rotatable bonds is 20. The predicted molar refractivity (Wildman–Crippen MR) is 138 cm³/mol. The van der Waals surface area contributed by atoms with Crippen LogP contribution in [0.25, 0.3) is 0 Å². The molecule has 2 amide bonds. The molecule has 5 nitrogen and oxygen atoms in total. The molecule has 0 aromatic heterocycles. The smallest absolute Gasteiger partial charge is 0.229 e. The molecule has 0 atom stereocenters. The summed E-state index contributed by atoms with van der Waals surface area (Å²) < 4.78 is 24.5. The summed E-state index contributed by atoms with van der Waals surface area (Å²) in [5, 5.41) is 0. The van der Waals surface area contributed by atoms with Crippen molar-refractivity contribution < 1.29 is 18.0 Å². The maximum Gasteiger partial charge on any atom is 0.229 e. The Hall–Kier alpha value is -1.69. The van der Waals surface area contributed by atoms with Crippen molar-refractivity contribution in [2.75, 3.05) is 12.3 Å². The maximum atomic E-state index is 12.2. The lowest BCUT2D eigenvalue weighted by molar-refractivity contribution is -0.138. The van der Waals surface area contributed by atoms with Crippen LogP contribution in [0, 0.1) is 0 Å². The minimum Gasteiger partial charge on any atom is -0.283 e. The lowest BCUT2D eigenvalue weighted by Gasteiger charge is -2.13. The Labute approximate surface area is 207 Å². The van der Waals surface area contributed by atoms with E-state index in [1.807, 2.05) is 6.07 Å². The number of imide groups is 1. The average molecular weight is 492 g/mol. The molecule has 0 spiro atoms. The fourth-order valence-corrected chi connectivity index (χ4v) is 6.05. The first kappa shape index (κ1) is 28.5. The molecule has 1 fully saturated rings. The van der Waals surface area contributed by atoms with Crippen LogP contribution in [-0.2, 0) is 19.4 Å². The van der Waals surface area contributed by atoms with Gasteiger partial charge < -0.3 is 0 Å². The summed E-state index contributed by atoms with van der Waals surface area (Å²) in [5.41, 5.74) is 0. The first-order chi connectivity index (χ1) is 16.5. The van der Waals surface area contributed by atoms with Crippen LogP contribution in [0.3, 0.4) is 0 Å². The standard InChI is InChI=1S/C28H45NO4S/c30-27-22-23-28(31)29(27)24-18-13-11-9-7-5-3-1-2-4-6-8-10-12-14-19-25-34(32,33)26-20-16-15-17-21-26/h15-17,20-21H,1-14,18-19,22-25H2. The average Bonchev–Trinajstić information content (AvgIpc) is 3.16. The summed E-state index contributed by atoms with van der Waals surface area (Å²) in [6, 6.07) is 8.77. The zero-order valence-corrected chi connectivity index (χ0v) is 21.8. The fourth-order valence-electron chi connectivity index (χ4n) is 4.65. The van der Waals surface area contributed by atoms with Gasteiger partial charge in [-0.25, -0.2) is 8.42 Å². The summed E-state index contributed by atoms with van der Waals surface area (Å²) in [7, 11) is -3.11. The molecule has 0 saturated carbocycles. The molecule has 1 saturated heterocycles. The summed E-state index contributed by atoms with van der Waals surface area (Å²) in [5.74, 6) is 0.284. The van der Waals surface area contributed by atoms with Crippen LogP contribution in [0.1, 0.15) is 116 Å².